The Morgan fingerprint density at radius 2 is 1.19 bits per heavy atom. The molecular formula is C42H40N4O11. The van der Waals surface area contributed by atoms with Crippen molar-refractivity contribution in [1.82, 2.24) is 0 Å². The molecule has 0 spiro atoms. The molecule has 0 bridgehead atoms. The van der Waals surface area contributed by atoms with Gasteiger partial charge in [-0.05, 0) is 89.7 Å². The molecule has 4 aromatic rings. The van der Waals surface area contributed by atoms with Gasteiger partial charge in [-0.25, -0.2) is 19.4 Å². The second kappa shape index (κ2) is 19.5. The molecule has 15 nitrogen and oxygen atoms in total. The number of phenolic OH excluding ortho intramolecular Hbond substituents is 2. The van der Waals surface area contributed by atoms with Gasteiger partial charge in [-0.15, -0.1) is 0 Å². The Morgan fingerprint density at radius 1 is 0.684 bits per heavy atom. The van der Waals surface area contributed by atoms with E-state index < -0.39 is 36.4 Å². The van der Waals surface area contributed by atoms with Crippen molar-refractivity contribution >= 4 is 42.6 Å². The number of fused-ring (bicyclic) bond motifs is 1. The van der Waals surface area contributed by atoms with Crippen molar-refractivity contribution in [1.29, 1.82) is 0 Å². The van der Waals surface area contributed by atoms with Gasteiger partial charge in [0.05, 0.1) is 55.8 Å². The van der Waals surface area contributed by atoms with Crippen LogP contribution in [0, 0.1) is 0 Å². The van der Waals surface area contributed by atoms with Crippen molar-refractivity contribution in [2.24, 2.45) is 20.4 Å². The minimum absolute atomic E-state index is 0.0622. The molecule has 2 aliphatic rings. The van der Waals surface area contributed by atoms with Crippen LogP contribution in [-0.2, 0) is 35.3 Å². The highest BCUT2D eigenvalue weighted by atomic mass is 17.2. The van der Waals surface area contributed by atoms with Gasteiger partial charge >= 0.3 is 11.9 Å². The molecule has 294 valence electrons. The molecule has 6 rings (SSSR count). The molecule has 2 saturated heterocycles. The molecule has 0 aliphatic carbocycles. The summed E-state index contributed by atoms with van der Waals surface area (Å²) in [6.45, 7) is 4.03. The fraction of sp³-hybridized carbons (Fsp3) is 0.262. The number of hydrogen-bond donors (Lipinski definition) is 2. The van der Waals surface area contributed by atoms with Gasteiger partial charge in [0.1, 0.15) is 42.0 Å². The van der Waals surface area contributed by atoms with Crippen molar-refractivity contribution in [3.63, 3.8) is 0 Å². The van der Waals surface area contributed by atoms with Crippen LogP contribution in [0.4, 0.5) is 0 Å². The lowest BCUT2D eigenvalue weighted by Crippen LogP contribution is -2.35. The van der Waals surface area contributed by atoms with Gasteiger partial charge in [-0.2, -0.15) is 20.4 Å². The second-order valence-electron chi connectivity index (χ2n) is 13.0. The van der Waals surface area contributed by atoms with E-state index in [-0.39, 0.29) is 54.8 Å². The summed E-state index contributed by atoms with van der Waals surface area (Å²) >= 11 is 0. The first-order chi connectivity index (χ1) is 27.7. The molecule has 0 saturated carbocycles. The zero-order chi connectivity index (χ0) is 40.1. The third kappa shape index (κ3) is 10.9. The maximum absolute atomic E-state index is 12.9. The topological polar surface area (TPSA) is 196 Å². The van der Waals surface area contributed by atoms with Crippen LogP contribution in [0.2, 0.25) is 0 Å². The number of phenols is 2. The Labute approximate surface area is 327 Å². The van der Waals surface area contributed by atoms with Crippen LogP contribution in [0.25, 0.3) is 0 Å². The maximum Gasteiger partial charge on any atom is 0.341 e. The van der Waals surface area contributed by atoms with E-state index in [2.05, 4.69) is 20.4 Å². The zero-order valence-electron chi connectivity index (χ0n) is 31.1. The van der Waals surface area contributed by atoms with Crippen LogP contribution in [-0.4, -0.2) is 97.0 Å². The van der Waals surface area contributed by atoms with E-state index in [1.807, 2.05) is 31.2 Å². The Hall–Kier alpha value is -6.39. The molecule has 57 heavy (non-hydrogen) atoms. The monoisotopic (exact) mass is 776 g/mol. The molecule has 4 atom stereocenters. The third-order valence-electron chi connectivity index (χ3n) is 8.80. The summed E-state index contributed by atoms with van der Waals surface area (Å²) < 4.78 is 22.6. The molecular weight excluding hydrogens is 736 g/mol. The van der Waals surface area contributed by atoms with Gasteiger partial charge in [0, 0.05) is 0 Å². The number of Topliss-reactive ketones (excluding diaryl/α,β-unsaturated/α-hetero) is 1. The predicted octanol–water partition coefficient (Wildman–Crippen LogP) is 5.61. The molecule has 0 aromatic heterocycles. The summed E-state index contributed by atoms with van der Waals surface area (Å²) in [5.41, 5.74) is 4.13. The third-order valence-corrected chi connectivity index (χ3v) is 8.80. The highest BCUT2D eigenvalue weighted by Gasteiger charge is 2.50. The number of carbonyl (C=O) groups excluding carboxylic acids is 3. The van der Waals surface area contributed by atoms with E-state index in [0.717, 1.165) is 11.1 Å². The number of benzene rings is 4. The van der Waals surface area contributed by atoms with Crippen molar-refractivity contribution < 1.29 is 53.3 Å². The Kier molecular flexibility index (Phi) is 13.8. The van der Waals surface area contributed by atoms with Crippen LogP contribution in [0.5, 0.6) is 11.5 Å². The van der Waals surface area contributed by atoms with Crippen molar-refractivity contribution in [2.75, 3.05) is 19.8 Å². The van der Waals surface area contributed by atoms with E-state index in [9.17, 15) is 24.6 Å². The first-order valence-corrected chi connectivity index (χ1v) is 18.1. The number of ketones is 1. The number of carbonyl (C=O) groups is 3. The Morgan fingerprint density at radius 3 is 1.79 bits per heavy atom. The molecule has 4 aromatic carbocycles. The molecule has 0 amide bonds. The first-order valence-electron chi connectivity index (χ1n) is 18.1. The fourth-order valence-corrected chi connectivity index (χ4v) is 5.80. The average molecular weight is 777 g/mol. The molecule has 2 N–H and O–H groups in total. The predicted molar refractivity (Wildman–Crippen MR) is 208 cm³/mol. The highest BCUT2D eigenvalue weighted by Crippen LogP contribution is 2.31. The summed E-state index contributed by atoms with van der Waals surface area (Å²) in [6, 6.07) is 23.1. The average Bonchev–Trinajstić information content (AvgIpc) is 3.81. The van der Waals surface area contributed by atoms with Gasteiger partial charge in [0.25, 0.3) is 0 Å². The number of ether oxygens (including phenoxy) is 4. The summed E-state index contributed by atoms with van der Waals surface area (Å²) in [5, 5.41) is 35.9. The van der Waals surface area contributed by atoms with E-state index in [4.69, 9.17) is 28.7 Å². The van der Waals surface area contributed by atoms with Gasteiger partial charge in [0.2, 0.25) is 0 Å². The van der Waals surface area contributed by atoms with Gasteiger partial charge in [-0.3, -0.25) is 4.79 Å². The Bertz CT molecular complexity index is 2170. The lowest BCUT2D eigenvalue weighted by Gasteiger charge is -2.17. The van der Waals surface area contributed by atoms with Crippen molar-refractivity contribution in [3.8, 4) is 11.5 Å². The molecule has 2 heterocycles. The number of nitrogens with zero attached hydrogens (tertiary/aromatic N) is 4. The van der Waals surface area contributed by atoms with Gasteiger partial charge in [-0.1, -0.05) is 43.3 Å². The maximum atomic E-state index is 12.9. The summed E-state index contributed by atoms with van der Waals surface area (Å²) in [4.78, 5) is 47.8. The Balaban J connectivity index is 0.911. The minimum atomic E-state index is -0.624. The lowest BCUT2D eigenvalue weighted by molar-refractivity contribution is -0.341. The number of aromatic hydroxyl groups is 2. The van der Waals surface area contributed by atoms with Crippen LogP contribution < -0.4 is 0 Å². The van der Waals surface area contributed by atoms with Crippen molar-refractivity contribution in [2.45, 2.75) is 51.3 Å². The largest absolute Gasteiger partial charge is 0.507 e. The van der Waals surface area contributed by atoms with E-state index in [1.54, 1.807) is 42.6 Å². The quantitative estimate of drug-likeness (QED) is 0.0472. The fourth-order valence-electron chi connectivity index (χ4n) is 5.80. The molecule has 2 aliphatic heterocycles. The first kappa shape index (κ1) is 40.3. The van der Waals surface area contributed by atoms with Crippen LogP contribution in [0.1, 0.15) is 79.2 Å². The van der Waals surface area contributed by atoms with Gasteiger partial charge in [0.15, 0.2) is 11.9 Å². The standard InChI is InChI=1S/C42H40N4O11/c1-3-16-52-42(51)34-18-31(11-15-36(34)49)22-46-43-19-27-4-6-29(7-5-27)23-55-57-38-25-54-39-37(24-53-40(38)39)56-41(50)32-12-8-28(9-13-32)20-44-45-21-30-10-14-35(48)33(17-30)26(2)47/h4-15,17-22,37-40,48-49H,3,16,23-25H2,1-2H3/b43-19+,44-20+,45-21+,46-22+. The molecule has 0 radical (unpaired) electrons. The lowest BCUT2D eigenvalue weighted by atomic mass is 10.1. The number of esters is 2. The molecule has 2 fully saturated rings. The summed E-state index contributed by atoms with van der Waals surface area (Å²) in [5.74, 6) is -1.65. The minimum Gasteiger partial charge on any atom is -0.507 e. The number of hydrogen-bond acceptors (Lipinski definition) is 15. The molecule has 4 unspecified atom stereocenters. The van der Waals surface area contributed by atoms with E-state index in [0.29, 0.717) is 28.7 Å². The van der Waals surface area contributed by atoms with E-state index in [1.165, 1.54) is 49.8 Å². The summed E-state index contributed by atoms with van der Waals surface area (Å²) in [6.07, 6.45) is 4.57. The van der Waals surface area contributed by atoms with Crippen molar-refractivity contribution in [3.05, 3.63) is 129 Å². The van der Waals surface area contributed by atoms with E-state index >= 15 is 0 Å². The second-order valence-corrected chi connectivity index (χ2v) is 13.0. The van der Waals surface area contributed by atoms with Gasteiger partial charge < -0.3 is 29.2 Å². The van der Waals surface area contributed by atoms with Crippen LogP contribution in [0.3, 0.4) is 0 Å². The number of rotatable bonds is 16. The highest BCUT2D eigenvalue weighted by molar-refractivity contribution is 5.98. The summed E-state index contributed by atoms with van der Waals surface area (Å²) in [7, 11) is 0. The van der Waals surface area contributed by atoms with Crippen LogP contribution >= 0.6 is 0 Å². The molecule has 15 heteroatoms. The normalized spacial score (nSPS) is 19.2. The zero-order valence-corrected chi connectivity index (χ0v) is 31.1. The SMILES string of the molecule is CCCOC(=O)c1cc(/C=N/N=C/c2ccc(COOC3COC4C(OC(=O)c5ccc(/C=N/N=C/c6ccc(O)c(C(C)=O)c6)cc5)COC34)cc2)ccc1O. The smallest absolute Gasteiger partial charge is 0.341 e. The van der Waals surface area contributed by atoms with Crippen LogP contribution in [0.15, 0.2) is 105 Å².